The van der Waals surface area contributed by atoms with Gasteiger partial charge < -0.3 is 14.5 Å². The van der Waals surface area contributed by atoms with Crippen molar-refractivity contribution >= 4 is 34.3 Å². The first-order valence-electron chi connectivity index (χ1n) is 10.1. The number of nitrogens with zero attached hydrogens (tertiary/aromatic N) is 2. The third-order valence-corrected chi connectivity index (χ3v) is 5.53. The molecule has 0 unspecified atom stereocenters. The molecule has 0 fully saturated rings. The van der Waals surface area contributed by atoms with Gasteiger partial charge in [-0.15, -0.1) is 0 Å². The van der Waals surface area contributed by atoms with Gasteiger partial charge in [-0.1, -0.05) is 29.8 Å². The zero-order chi connectivity index (χ0) is 22.7. The Balaban J connectivity index is 1.59. The van der Waals surface area contributed by atoms with Gasteiger partial charge in [-0.25, -0.2) is 4.98 Å². The number of nitrogens with one attached hydrogen (secondary N) is 1. The number of hydrogen-bond acceptors (Lipinski definition) is 4. The molecule has 4 aromatic rings. The molecule has 0 radical (unpaired) electrons. The van der Waals surface area contributed by atoms with Gasteiger partial charge in [0.15, 0.2) is 11.5 Å². The molecular formula is C26H22ClN3O2. The number of aromatic nitrogens is 2. The summed E-state index contributed by atoms with van der Waals surface area (Å²) in [6.07, 6.45) is 1.78. The second-order valence-corrected chi connectivity index (χ2v) is 7.97. The van der Waals surface area contributed by atoms with Crippen LogP contribution in [0.4, 0.5) is 0 Å². The maximum atomic E-state index is 9.74. The molecule has 0 aliphatic carbocycles. The SMILES string of the molecule is COc1cc(/C=C(\C#N)c2nc3cc(C)c(C)cc3[nH]2)ccc1OCc1ccc(Cl)cc1. The number of aryl methyl sites for hydroxylation is 2. The summed E-state index contributed by atoms with van der Waals surface area (Å²) < 4.78 is 11.4. The van der Waals surface area contributed by atoms with E-state index in [1.54, 1.807) is 13.2 Å². The zero-order valence-corrected chi connectivity index (χ0v) is 18.8. The van der Waals surface area contributed by atoms with Crippen LogP contribution >= 0.6 is 11.6 Å². The van der Waals surface area contributed by atoms with Gasteiger partial charge in [-0.3, -0.25) is 0 Å². The normalized spacial score (nSPS) is 11.4. The van der Waals surface area contributed by atoms with Crippen molar-refractivity contribution in [2.24, 2.45) is 0 Å². The molecule has 3 aromatic carbocycles. The fourth-order valence-electron chi connectivity index (χ4n) is 3.35. The monoisotopic (exact) mass is 443 g/mol. The standard InChI is InChI=1S/C26H22ClN3O2/c1-16-10-22-23(11-17(16)2)30-26(29-22)20(14-28)12-19-6-9-24(25(13-19)31-3)32-15-18-4-7-21(27)8-5-18/h4-13H,15H2,1-3H3,(H,29,30)/b20-12+. The fraction of sp³-hybridized carbons (Fsp3) is 0.154. The van der Waals surface area contributed by atoms with E-state index < -0.39 is 0 Å². The number of H-pyrrole nitrogens is 1. The van der Waals surface area contributed by atoms with Crippen molar-refractivity contribution in [1.29, 1.82) is 5.26 Å². The van der Waals surface area contributed by atoms with Crippen LogP contribution in [0.1, 0.15) is 28.1 Å². The number of benzene rings is 3. The van der Waals surface area contributed by atoms with Gasteiger partial charge in [0.1, 0.15) is 18.5 Å². The van der Waals surface area contributed by atoms with Crippen molar-refractivity contribution < 1.29 is 9.47 Å². The van der Waals surface area contributed by atoms with Crippen molar-refractivity contribution in [3.05, 3.63) is 87.7 Å². The van der Waals surface area contributed by atoms with Gasteiger partial charge in [0.2, 0.25) is 0 Å². The summed E-state index contributed by atoms with van der Waals surface area (Å²) in [5.41, 5.74) is 6.34. The van der Waals surface area contributed by atoms with Gasteiger partial charge >= 0.3 is 0 Å². The van der Waals surface area contributed by atoms with Crippen LogP contribution in [0.15, 0.2) is 54.6 Å². The summed E-state index contributed by atoms with van der Waals surface area (Å²) in [5.74, 6) is 1.74. The second-order valence-electron chi connectivity index (χ2n) is 7.53. The van der Waals surface area contributed by atoms with Gasteiger partial charge in [0, 0.05) is 5.02 Å². The molecule has 0 atom stereocenters. The third-order valence-electron chi connectivity index (χ3n) is 5.28. The number of allylic oxidation sites excluding steroid dienone is 1. The first-order valence-corrected chi connectivity index (χ1v) is 10.5. The Bertz CT molecular complexity index is 1310. The molecule has 1 aromatic heterocycles. The Morgan fingerprint density at radius 1 is 1.06 bits per heavy atom. The number of aromatic amines is 1. The zero-order valence-electron chi connectivity index (χ0n) is 18.1. The Kier molecular flexibility index (Phi) is 6.16. The lowest BCUT2D eigenvalue weighted by molar-refractivity contribution is 0.284. The minimum atomic E-state index is 0.393. The molecule has 1 heterocycles. The van der Waals surface area contributed by atoms with E-state index in [0.717, 1.165) is 27.7 Å². The number of imidazole rings is 1. The Labute approximate surface area is 191 Å². The quantitative estimate of drug-likeness (QED) is 0.346. The van der Waals surface area contributed by atoms with Crippen LogP contribution in [0.5, 0.6) is 11.5 Å². The fourth-order valence-corrected chi connectivity index (χ4v) is 3.48. The number of hydrogen-bond donors (Lipinski definition) is 1. The molecule has 6 heteroatoms. The summed E-state index contributed by atoms with van der Waals surface area (Å²) >= 11 is 5.93. The minimum Gasteiger partial charge on any atom is -0.493 e. The van der Waals surface area contributed by atoms with E-state index in [2.05, 4.69) is 23.0 Å². The van der Waals surface area contributed by atoms with E-state index in [1.807, 2.05) is 61.5 Å². The number of ether oxygens (including phenoxy) is 2. The van der Waals surface area contributed by atoms with Crippen LogP contribution in [-0.4, -0.2) is 17.1 Å². The molecule has 32 heavy (non-hydrogen) atoms. The van der Waals surface area contributed by atoms with Crippen LogP contribution in [0, 0.1) is 25.2 Å². The maximum Gasteiger partial charge on any atom is 0.161 e. The lowest BCUT2D eigenvalue weighted by atomic mass is 10.1. The number of halogens is 1. The van der Waals surface area contributed by atoms with E-state index in [-0.39, 0.29) is 0 Å². The van der Waals surface area contributed by atoms with Gasteiger partial charge in [0.05, 0.1) is 23.7 Å². The molecule has 0 bridgehead atoms. The first-order chi connectivity index (χ1) is 15.5. The molecule has 160 valence electrons. The van der Waals surface area contributed by atoms with E-state index in [1.165, 1.54) is 5.56 Å². The third kappa shape index (κ3) is 4.61. The van der Waals surface area contributed by atoms with Crippen molar-refractivity contribution in [3.8, 4) is 17.6 Å². The summed E-state index contributed by atoms with van der Waals surface area (Å²) in [6, 6.07) is 19.4. The van der Waals surface area contributed by atoms with E-state index in [9.17, 15) is 5.26 Å². The van der Waals surface area contributed by atoms with Crippen LogP contribution < -0.4 is 9.47 Å². The van der Waals surface area contributed by atoms with E-state index >= 15 is 0 Å². The van der Waals surface area contributed by atoms with Crippen molar-refractivity contribution in [1.82, 2.24) is 9.97 Å². The van der Waals surface area contributed by atoms with E-state index in [4.69, 9.17) is 21.1 Å². The molecular weight excluding hydrogens is 422 g/mol. The van der Waals surface area contributed by atoms with Gasteiger partial charge in [0.25, 0.3) is 0 Å². The number of nitriles is 1. The Morgan fingerprint density at radius 2 is 1.81 bits per heavy atom. The van der Waals surface area contributed by atoms with Crippen LogP contribution in [0.25, 0.3) is 22.7 Å². The van der Waals surface area contributed by atoms with Crippen LogP contribution in [0.3, 0.4) is 0 Å². The first kappa shape index (κ1) is 21.5. The highest BCUT2D eigenvalue weighted by Gasteiger charge is 2.11. The summed E-state index contributed by atoms with van der Waals surface area (Å²) in [6.45, 7) is 4.50. The predicted molar refractivity (Wildman–Crippen MR) is 128 cm³/mol. The topological polar surface area (TPSA) is 70.9 Å². The number of methoxy groups -OCH3 is 1. The highest BCUT2D eigenvalue weighted by Crippen LogP contribution is 2.31. The molecule has 0 amide bonds. The van der Waals surface area contributed by atoms with Crippen molar-refractivity contribution in [2.75, 3.05) is 7.11 Å². The van der Waals surface area contributed by atoms with Crippen molar-refractivity contribution in [3.63, 3.8) is 0 Å². The highest BCUT2D eigenvalue weighted by molar-refractivity contribution is 6.30. The molecule has 0 saturated carbocycles. The lowest BCUT2D eigenvalue weighted by Gasteiger charge is -2.11. The molecule has 0 spiro atoms. The summed E-state index contributed by atoms with van der Waals surface area (Å²) in [5, 5.41) is 10.4. The highest BCUT2D eigenvalue weighted by atomic mass is 35.5. The predicted octanol–water partition coefficient (Wildman–Crippen LogP) is 6.48. The second kappa shape index (κ2) is 9.17. The van der Waals surface area contributed by atoms with Gasteiger partial charge in [-0.2, -0.15) is 5.26 Å². The number of fused-ring (bicyclic) bond motifs is 1. The Hall–Kier alpha value is -3.75. The molecule has 1 N–H and O–H groups in total. The largest absolute Gasteiger partial charge is 0.493 e. The number of rotatable bonds is 6. The Morgan fingerprint density at radius 3 is 2.53 bits per heavy atom. The maximum absolute atomic E-state index is 9.74. The summed E-state index contributed by atoms with van der Waals surface area (Å²) in [7, 11) is 1.59. The molecule has 0 aliphatic rings. The van der Waals surface area contributed by atoms with Crippen LogP contribution in [0.2, 0.25) is 5.02 Å². The smallest absolute Gasteiger partial charge is 0.161 e. The summed E-state index contributed by atoms with van der Waals surface area (Å²) in [4.78, 5) is 7.85. The molecule has 5 nitrogen and oxygen atoms in total. The molecule has 4 rings (SSSR count). The minimum absolute atomic E-state index is 0.393. The van der Waals surface area contributed by atoms with E-state index in [0.29, 0.717) is 34.5 Å². The molecule has 0 aliphatic heterocycles. The van der Waals surface area contributed by atoms with Crippen LogP contribution in [-0.2, 0) is 6.61 Å². The van der Waals surface area contributed by atoms with Crippen molar-refractivity contribution in [2.45, 2.75) is 20.5 Å². The molecule has 0 saturated heterocycles. The lowest BCUT2D eigenvalue weighted by Crippen LogP contribution is -1.98. The average Bonchev–Trinajstić information content (AvgIpc) is 3.20. The van der Waals surface area contributed by atoms with Gasteiger partial charge in [-0.05, 0) is 78.6 Å². The average molecular weight is 444 g/mol.